The van der Waals surface area contributed by atoms with Gasteiger partial charge in [-0.1, -0.05) is 0 Å². The van der Waals surface area contributed by atoms with Crippen molar-refractivity contribution in [2.75, 3.05) is 12.8 Å². The Bertz CT molecular complexity index is 357. The van der Waals surface area contributed by atoms with E-state index in [0.717, 1.165) is 6.26 Å². The van der Waals surface area contributed by atoms with E-state index in [-0.39, 0.29) is 19.1 Å². The van der Waals surface area contributed by atoms with Crippen molar-refractivity contribution in [2.45, 2.75) is 51.0 Å². The van der Waals surface area contributed by atoms with Crippen LogP contribution in [-0.4, -0.2) is 62.1 Å². The van der Waals surface area contributed by atoms with Crippen LogP contribution in [0.15, 0.2) is 0 Å². The molecule has 18 heavy (non-hydrogen) atoms. The van der Waals surface area contributed by atoms with Crippen molar-refractivity contribution in [1.82, 2.24) is 4.72 Å². The lowest BCUT2D eigenvalue weighted by Gasteiger charge is -2.37. The van der Waals surface area contributed by atoms with Gasteiger partial charge in [0, 0.05) is 13.0 Å². The van der Waals surface area contributed by atoms with E-state index in [1.54, 1.807) is 13.8 Å². The minimum absolute atomic E-state index is 0.0422. The van der Waals surface area contributed by atoms with Gasteiger partial charge in [-0.05, 0) is 13.8 Å². The van der Waals surface area contributed by atoms with Gasteiger partial charge in [0.05, 0.1) is 24.6 Å². The number of aliphatic hydroxyl groups is 2. The Hall–Kier alpha value is -0.250. The molecule has 0 amide bonds. The summed E-state index contributed by atoms with van der Waals surface area (Å²) in [5.74, 6) is 0. The summed E-state index contributed by atoms with van der Waals surface area (Å²) in [5.41, 5.74) is 0. The molecule has 1 heterocycles. The molecule has 8 heteroatoms. The Balaban J connectivity index is 2.56. The van der Waals surface area contributed by atoms with Gasteiger partial charge in [-0.2, -0.15) is 0 Å². The maximum atomic E-state index is 11.0. The Kier molecular flexibility index (Phi) is 5.50. The summed E-state index contributed by atoms with van der Waals surface area (Å²) in [5, 5.41) is 19.4. The Morgan fingerprint density at radius 2 is 2.06 bits per heavy atom. The van der Waals surface area contributed by atoms with Crippen LogP contribution in [0.1, 0.15) is 20.3 Å². The summed E-state index contributed by atoms with van der Waals surface area (Å²) in [7, 11) is -3.31. The SMILES string of the molecule is CC(C)O[C@@H]1O[C@H](CNS(C)(=O)=O)C[C@@H](O)[C@H]1O. The Morgan fingerprint density at radius 1 is 1.44 bits per heavy atom. The number of ether oxygens (including phenoxy) is 2. The molecule has 1 aliphatic rings. The average molecular weight is 283 g/mol. The highest BCUT2D eigenvalue weighted by molar-refractivity contribution is 7.88. The van der Waals surface area contributed by atoms with E-state index in [2.05, 4.69) is 4.72 Å². The molecule has 108 valence electrons. The van der Waals surface area contributed by atoms with E-state index < -0.39 is 34.6 Å². The first-order chi connectivity index (χ1) is 8.19. The normalized spacial score (nSPS) is 33.9. The van der Waals surface area contributed by atoms with E-state index in [1.807, 2.05) is 0 Å². The number of sulfonamides is 1. The highest BCUT2D eigenvalue weighted by Gasteiger charge is 2.37. The summed E-state index contributed by atoms with van der Waals surface area (Å²) >= 11 is 0. The van der Waals surface area contributed by atoms with Gasteiger partial charge in [-0.3, -0.25) is 0 Å². The van der Waals surface area contributed by atoms with Crippen molar-refractivity contribution in [3.05, 3.63) is 0 Å². The van der Waals surface area contributed by atoms with Crippen molar-refractivity contribution in [2.24, 2.45) is 0 Å². The van der Waals surface area contributed by atoms with Gasteiger partial charge in [0.25, 0.3) is 0 Å². The molecule has 0 aromatic rings. The molecule has 0 bridgehead atoms. The lowest BCUT2D eigenvalue weighted by Crippen LogP contribution is -2.52. The predicted molar refractivity (Wildman–Crippen MR) is 64.4 cm³/mol. The number of rotatable bonds is 5. The number of hydrogen-bond donors (Lipinski definition) is 3. The van der Waals surface area contributed by atoms with Gasteiger partial charge in [-0.15, -0.1) is 0 Å². The third-order valence-electron chi connectivity index (χ3n) is 2.48. The van der Waals surface area contributed by atoms with Crippen LogP contribution < -0.4 is 4.72 Å². The molecule has 0 saturated carbocycles. The molecule has 4 atom stereocenters. The van der Waals surface area contributed by atoms with Gasteiger partial charge >= 0.3 is 0 Å². The fourth-order valence-corrected chi connectivity index (χ4v) is 2.16. The van der Waals surface area contributed by atoms with Gasteiger partial charge in [0.15, 0.2) is 6.29 Å². The summed E-state index contributed by atoms with van der Waals surface area (Å²) in [4.78, 5) is 0. The molecular formula is C10H21NO6S. The largest absolute Gasteiger partial charge is 0.390 e. The number of hydrogen-bond acceptors (Lipinski definition) is 6. The summed E-state index contributed by atoms with van der Waals surface area (Å²) < 4.78 is 35.0. The molecule has 3 N–H and O–H groups in total. The molecule has 0 spiro atoms. The quantitative estimate of drug-likeness (QED) is 0.585. The lowest BCUT2D eigenvalue weighted by molar-refractivity contribution is -0.275. The van der Waals surface area contributed by atoms with E-state index in [1.165, 1.54) is 0 Å². The van der Waals surface area contributed by atoms with Crippen molar-refractivity contribution < 1.29 is 28.1 Å². The summed E-state index contributed by atoms with van der Waals surface area (Å²) in [6.07, 6.45) is -2.55. The molecule has 7 nitrogen and oxygen atoms in total. The van der Waals surface area contributed by atoms with Crippen LogP contribution in [0.4, 0.5) is 0 Å². The zero-order chi connectivity index (χ0) is 13.9. The molecule has 0 aliphatic carbocycles. The molecule has 0 aromatic heterocycles. The summed E-state index contributed by atoms with van der Waals surface area (Å²) in [6, 6.07) is 0. The van der Waals surface area contributed by atoms with Crippen LogP contribution in [0, 0.1) is 0 Å². The zero-order valence-corrected chi connectivity index (χ0v) is 11.6. The minimum atomic E-state index is -3.31. The predicted octanol–water partition coefficient (Wildman–Crippen LogP) is -1.20. The van der Waals surface area contributed by atoms with Crippen LogP contribution in [-0.2, 0) is 19.5 Å². The second-order valence-corrected chi connectivity index (χ2v) is 6.56. The molecule has 0 radical (unpaired) electrons. The van der Waals surface area contributed by atoms with Gasteiger partial charge in [0.1, 0.15) is 6.10 Å². The number of nitrogens with one attached hydrogen (secondary N) is 1. The van der Waals surface area contributed by atoms with Crippen LogP contribution >= 0.6 is 0 Å². The number of aliphatic hydroxyl groups excluding tert-OH is 2. The van der Waals surface area contributed by atoms with Crippen molar-refractivity contribution in [3.8, 4) is 0 Å². The third kappa shape index (κ3) is 5.17. The Labute approximate surface area is 107 Å². The standard InChI is InChI=1S/C10H21NO6S/c1-6(2)16-10-9(13)8(12)4-7(17-10)5-11-18(3,14)15/h6-13H,4-5H2,1-3H3/t7-,8+,9+,10+/m0/s1. The topological polar surface area (TPSA) is 105 Å². The minimum Gasteiger partial charge on any atom is -0.390 e. The first kappa shape index (κ1) is 15.8. The molecule has 1 aliphatic heterocycles. The van der Waals surface area contributed by atoms with Crippen LogP contribution in [0.5, 0.6) is 0 Å². The van der Waals surface area contributed by atoms with Gasteiger partial charge in [0.2, 0.25) is 10.0 Å². The maximum Gasteiger partial charge on any atom is 0.208 e. The molecular weight excluding hydrogens is 262 g/mol. The molecule has 1 fully saturated rings. The van der Waals surface area contributed by atoms with Crippen molar-refractivity contribution >= 4 is 10.0 Å². The third-order valence-corrected chi connectivity index (χ3v) is 3.17. The first-order valence-electron chi connectivity index (χ1n) is 5.80. The summed E-state index contributed by atoms with van der Waals surface area (Å²) in [6.45, 7) is 3.60. The van der Waals surface area contributed by atoms with Crippen LogP contribution in [0.25, 0.3) is 0 Å². The molecule has 1 rings (SSSR count). The second kappa shape index (κ2) is 6.27. The van der Waals surface area contributed by atoms with E-state index in [9.17, 15) is 18.6 Å². The Morgan fingerprint density at radius 3 is 2.56 bits per heavy atom. The van der Waals surface area contributed by atoms with E-state index in [0.29, 0.717) is 0 Å². The highest BCUT2D eigenvalue weighted by Crippen LogP contribution is 2.22. The van der Waals surface area contributed by atoms with Crippen LogP contribution in [0.3, 0.4) is 0 Å². The fourth-order valence-electron chi connectivity index (χ4n) is 1.67. The van der Waals surface area contributed by atoms with Crippen LogP contribution in [0.2, 0.25) is 0 Å². The molecule has 0 aromatic carbocycles. The van der Waals surface area contributed by atoms with E-state index >= 15 is 0 Å². The fraction of sp³-hybridized carbons (Fsp3) is 1.00. The monoisotopic (exact) mass is 283 g/mol. The smallest absolute Gasteiger partial charge is 0.208 e. The highest BCUT2D eigenvalue weighted by atomic mass is 32.2. The van der Waals surface area contributed by atoms with E-state index in [4.69, 9.17) is 9.47 Å². The average Bonchev–Trinajstić information content (AvgIpc) is 2.20. The van der Waals surface area contributed by atoms with Gasteiger partial charge < -0.3 is 19.7 Å². The first-order valence-corrected chi connectivity index (χ1v) is 7.70. The van der Waals surface area contributed by atoms with Crippen molar-refractivity contribution in [3.63, 3.8) is 0 Å². The van der Waals surface area contributed by atoms with Crippen molar-refractivity contribution in [1.29, 1.82) is 0 Å². The lowest BCUT2D eigenvalue weighted by atomic mass is 10.0. The van der Waals surface area contributed by atoms with Gasteiger partial charge in [-0.25, -0.2) is 13.1 Å². The maximum absolute atomic E-state index is 11.0. The molecule has 0 unspecified atom stereocenters. The zero-order valence-electron chi connectivity index (χ0n) is 10.7. The molecule has 1 saturated heterocycles. The second-order valence-electron chi connectivity index (χ2n) is 4.73.